The SMILES string of the molecule is CCSC[C@](C)(N)C=O. The number of nitrogens with two attached hydrogens (primary N) is 1. The smallest absolute Gasteiger partial charge is 0.140 e. The fourth-order valence-corrected chi connectivity index (χ4v) is 1.07. The molecule has 0 amide bonds. The molecule has 0 fully saturated rings. The molecule has 9 heavy (non-hydrogen) atoms. The van der Waals surface area contributed by atoms with Crippen molar-refractivity contribution in [3.8, 4) is 0 Å². The zero-order valence-electron chi connectivity index (χ0n) is 5.89. The summed E-state index contributed by atoms with van der Waals surface area (Å²) in [6.45, 7) is 3.79. The molecule has 0 bridgehead atoms. The quantitative estimate of drug-likeness (QED) is 0.594. The van der Waals surface area contributed by atoms with E-state index in [1.54, 1.807) is 18.7 Å². The van der Waals surface area contributed by atoms with Gasteiger partial charge in [0, 0.05) is 5.75 Å². The molecule has 0 saturated heterocycles. The van der Waals surface area contributed by atoms with Gasteiger partial charge in [-0.25, -0.2) is 0 Å². The molecule has 2 N–H and O–H groups in total. The standard InChI is InChI=1S/C6H13NOS/c1-3-9-5-6(2,7)4-8/h4H,3,5,7H2,1-2H3/t6-/m1/s1. The summed E-state index contributed by atoms with van der Waals surface area (Å²) in [7, 11) is 0. The highest BCUT2D eigenvalue weighted by molar-refractivity contribution is 7.99. The van der Waals surface area contributed by atoms with Gasteiger partial charge in [-0.1, -0.05) is 6.92 Å². The summed E-state index contributed by atoms with van der Waals surface area (Å²) in [6.07, 6.45) is 0.801. The van der Waals surface area contributed by atoms with Gasteiger partial charge >= 0.3 is 0 Å². The highest BCUT2D eigenvalue weighted by Gasteiger charge is 2.15. The highest BCUT2D eigenvalue weighted by Crippen LogP contribution is 2.06. The lowest BCUT2D eigenvalue weighted by molar-refractivity contribution is -0.111. The first-order valence-electron chi connectivity index (χ1n) is 2.95. The van der Waals surface area contributed by atoms with E-state index in [4.69, 9.17) is 5.73 Å². The molecule has 0 spiro atoms. The van der Waals surface area contributed by atoms with E-state index in [1.165, 1.54) is 0 Å². The highest BCUT2D eigenvalue weighted by atomic mass is 32.2. The van der Waals surface area contributed by atoms with Crippen LogP contribution in [0.2, 0.25) is 0 Å². The topological polar surface area (TPSA) is 43.1 Å². The van der Waals surface area contributed by atoms with Gasteiger partial charge in [-0.2, -0.15) is 11.8 Å². The molecule has 0 saturated carbocycles. The van der Waals surface area contributed by atoms with Crippen LogP contribution in [0.1, 0.15) is 13.8 Å². The second-order valence-corrected chi connectivity index (χ2v) is 3.54. The van der Waals surface area contributed by atoms with Crippen LogP contribution in [0.4, 0.5) is 0 Å². The molecule has 54 valence electrons. The molecule has 1 atom stereocenters. The van der Waals surface area contributed by atoms with Gasteiger partial charge in [-0.15, -0.1) is 0 Å². The van der Waals surface area contributed by atoms with Crippen molar-refractivity contribution in [2.75, 3.05) is 11.5 Å². The van der Waals surface area contributed by atoms with Crippen LogP contribution < -0.4 is 5.73 Å². The maximum atomic E-state index is 10.2. The van der Waals surface area contributed by atoms with Gasteiger partial charge in [0.1, 0.15) is 6.29 Å². The second-order valence-electron chi connectivity index (χ2n) is 2.26. The monoisotopic (exact) mass is 147 g/mol. The summed E-state index contributed by atoms with van der Waals surface area (Å²) >= 11 is 1.68. The zero-order chi connectivity index (χ0) is 7.33. The van der Waals surface area contributed by atoms with Crippen LogP contribution in [0.3, 0.4) is 0 Å². The summed E-state index contributed by atoms with van der Waals surface area (Å²) in [5.74, 6) is 1.73. The minimum Gasteiger partial charge on any atom is -0.319 e. The summed E-state index contributed by atoms with van der Waals surface area (Å²) < 4.78 is 0. The van der Waals surface area contributed by atoms with Crippen molar-refractivity contribution in [1.82, 2.24) is 0 Å². The average molecular weight is 147 g/mol. The van der Waals surface area contributed by atoms with E-state index in [-0.39, 0.29) is 0 Å². The number of thioether (sulfide) groups is 1. The van der Waals surface area contributed by atoms with Crippen LogP contribution >= 0.6 is 11.8 Å². The third kappa shape index (κ3) is 4.48. The first-order valence-corrected chi connectivity index (χ1v) is 4.11. The Labute approximate surface area is 60.2 Å². The molecule has 0 aliphatic rings. The molecular weight excluding hydrogens is 134 g/mol. The Balaban J connectivity index is 3.45. The fraction of sp³-hybridized carbons (Fsp3) is 0.833. The molecule has 0 rings (SSSR count). The van der Waals surface area contributed by atoms with Gasteiger partial charge in [0.2, 0.25) is 0 Å². The van der Waals surface area contributed by atoms with Gasteiger partial charge < -0.3 is 10.5 Å². The van der Waals surface area contributed by atoms with Crippen LogP contribution in [0.15, 0.2) is 0 Å². The minimum absolute atomic E-state index is 0.624. The Bertz CT molecular complexity index is 93.1. The van der Waals surface area contributed by atoms with Gasteiger partial charge in [0.15, 0.2) is 0 Å². The van der Waals surface area contributed by atoms with Gasteiger partial charge in [-0.3, -0.25) is 0 Å². The van der Waals surface area contributed by atoms with Crippen LogP contribution in [-0.4, -0.2) is 23.3 Å². The summed E-state index contributed by atoms with van der Waals surface area (Å²) in [5, 5.41) is 0. The molecule has 0 heterocycles. The van der Waals surface area contributed by atoms with E-state index >= 15 is 0 Å². The lowest BCUT2D eigenvalue weighted by Crippen LogP contribution is -2.40. The number of hydrogen-bond acceptors (Lipinski definition) is 3. The van der Waals surface area contributed by atoms with Crippen LogP contribution in [0.5, 0.6) is 0 Å². The third-order valence-corrected chi connectivity index (χ3v) is 2.12. The molecule has 0 aromatic carbocycles. The Kier molecular flexibility index (Phi) is 3.89. The molecule has 2 nitrogen and oxygen atoms in total. The molecular formula is C6H13NOS. The maximum absolute atomic E-state index is 10.2. The first kappa shape index (κ1) is 8.98. The van der Waals surface area contributed by atoms with Gasteiger partial charge in [0.25, 0.3) is 0 Å². The van der Waals surface area contributed by atoms with Gasteiger partial charge in [-0.05, 0) is 12.7 Å². The van der Waals surface area contributed by atoms with Crippen LogP contribution in [0.25, 0.3) is 0 Å². The van der Waals surface area contributed by atoms with E-state index in [9.17, 15) is 4.79 Å². The fourth-order valence-electron chi connectivity index (χ4n) is 0.356. The third-order valence-electron chi connectivity index (χ3n) is 0.886. The molecule has 0 aliphatic heterocycles. The van der Waals surface area contributed by atoms with Crippen molar-refractivity contribution in [3.63, 3.8) is 0 Å². The van der Waals surface area contributed by atoms with E-state index in [0.717, 1.165) is 12.0 Å². The molecule has 0 aliphatic carbocycles. The molecule has 0 unspecified atom stereocenters. The molecule has 0 aromatic rings. The summed E-state index contributed by atoms with van der Waals surface area (Å²) in [6, 6.07) is 0. The van der Waals surface area contributed by atoms with Crippen LogP contribution in [0, 0.1) is 0 Å². The van der Waals surface area contributed by atoms with Crippen molar-refractivity contribution in [2.45, 2.75) is 19.4 Å². The number of carbonyl (C=O) groups excluding carboxylic acids is 1. The van der Waals surface area contributed by atoms with Crippen molar-refractivity contribution in [2.24, 2.45) is 5.73 Å². The predicted molar refractivity (Wildman–Crippen MR) is 41.7 cm³/mol. The Morgan fingerprint density at radius 1 is 1.78 bits per heavy atom. The average Bonchev–Trinajstić information content (AvgIpc) is 1.84. The van der Waals surface area contributed by atoms with Crippen molar-refractivity contribution in [1.29, 1.82) is 0 Å². The van der Waals surface area contributed by atoms with Crippen molar-refractivity contribution in [3.05, 3.63) is 0 Å². The Morgan fingerprint density at radius 3 is 2.67 bits per heavy atom. The minimum atomic E-state index is -0.624. The number of hydrogen-bond donors (Lipinski definition) is 1. The number of carbonyl (C=O) groups is 1. The van der Waals surface area contributed by atoms with Gasteiger partial charge in [0.05, 0.1) is 5.54 Å². The van der Waals surface area contributed by atoms with Crippen molar-refractivity contribution >= 4 is 18.0 Å². The molecule has 3 heteroatoms. The Hall–Kier alpha value is -0.0200. The van der Waals surface area contributed by atoms with E-state index in [0.29, 0.717) is 5.75 Å². The molecule has 0 radical (unpaired) electrons. The lowest BCUT2D eigenvalue weighted by Gasteiger charge is -2.14. The first-order chi connectivity index (χ1) is 4.12. The molecule has 0 aromatic heterocycles. The Morgan fingerprint density at radius 2 is 2.33 bits per heavy atom. The predicted octanol–water partition coefficient (Wildman–Crippen LogP) is 0.656. The number of aldehydes is 1. The van der Waals surface area contributed by atoms with Crippen molar-refractivity contribution < 1.29 is 4.79 Å². The normalized spacial score (nSPS) is 16.8. The van der Waals surface area contributed by atoms with E-state index < -0.39 is 5.54 Å². The lowest BCUT2D eigenvalue weighted by atomic mass is 10.1. The zero-order valence-corrected chi connectivity index (χ0v) is 6.70. The van der Waals surface area contributed by atoms with E-state index in [1.807, 2.05) is 6.92 Å². The van der Waals surface area contributed by atoms with E-state index in [2.05, 4.69) is 0 Å². The van der Waals surface area contributed by atoms with Crippen LogP contribution in [-0.2, 0) is 4.79 Å². The summed E-state index contributed by atoms with van der Waals surface area (Å²) in [5.41, 5.74) is 4.89. The second kappa shape index (κ2) is 3.90. The largest absolute Gasteiger partial charge is 0.319 e. The maximum Gasteiger partial charge on any atom is 0.140 e. The number of rotatable bonds is 4. The summed E-state index contributed by atoms with van der Waals surface area (Å²) in [4.78, 5) is 10.2.